The molecule has 1 N–H and O–H groups in total. The number of likely N-dealkylation sites (N-methyl/N-ethyl adjacent to an activating group) is 1. The fraction of sp³-hybridized carbons (Fsp3) is 0.214. The van der Waals surface area contributed by atoms with Gasteiger partial charge in [0.15, 0.2) is 11.5 Å². The van der Waals surface area contributed by atoms with E-state index in [0.29, 0.717) is 4.31 Å². The molecule has 0 saturated carbocycles. The molecule has 23 heavy (non-hydrogen) atoms. The van der Waals surface area contributed by atoms with Crippen molar-refractivity contribution in [1.82, 2.24) is 8.87 Å². The molecule has 1 aliphatic heterocycles. The summed E-state index contributed by atoms with van der Waals surface area (Å²) in [5, 5.41) is 10.6. The second-order valence-corrected chi connectivity index (χ2v) is 6.94. The molecule has 7 nitrogen and oxygen atoms in total. The van der Waals surface area contributed by atoms with Crippen molar-refractivity contribution in [1.29, 1.82) is 0 Å². The highest BCUT2D eigenvalue weighted by atomic mass is 32.2. The molecular formula is C14H13FN2O5S. The van der Waals surface area contributed by atoms with Crippen molar-refractivity contribution in [3.05, 3.63) is 35.4 Å². The summed E-state index contributed by atoms with van der Waals surface area (Å²) in [6.45, 7) is 0. The molecule has 0 radical (unpaired) electrons. The lowest BCUT2D eigenvalue weighted by Gasteiger charge is -2.26. The monoisotopic (exact) mass is 340 g/mol. The number of nitrogens with zero attached hydrogens (tertiary/aromatic N) is 2. The molecular weight excluding hydrogens is 327 g/mol. The van der Waals surface area contributed by atoms with Gasteiger partial charge in [-0.05, 0) is 6.07 Å². The van der Waals surface area contributed by atoms with Crippen molar-refractivity contribution in [3.63, 3.8) is 0 Å². The SMILES string of the molecule is COC(=O)C1=C(O)c2c(c3cccc(F)c3n2C)S(=O)(=O)N1C. The molecule has 2 aromatic rings. The normalized spacial score (nSPS) is 16.6. The van der Waals surface area contributed by atoms with Crippen molar-refractivity contribution in [2.45, 2.75) is 4.90 Å². The minimum Gasteiger partial charge on any atom is -0.504 e. The first kappa shape index (κ1) is 15.3. The Bertz CT molecular complexity index is 990. The number of aliphatic hydroxyl groups excluding tert-OH is 1. The summed E-state index contributed by atoms with van der Waals surface area (Å²) in [5.41, 5.74) is -0.651. The number of rotatable bonds is 1. The molecule has 122 valence electrons. The second-order valence-electron chi connectivity index (χ2n) is 5.03. The minimum absolute atomic E-state index is 0.0205. The van der Waals surface area contributed by atoms with E-state index in [4.69, 9.17) is 0 Å². The Morgan fingerprint density at radius 2 is 1.96 bits per heavy atom. The van der Waals surface area contributed by atoms with Gasteiger partial charge in [-0.3, -0.25) is 4.31 Å². The maximum Gasteiger partial charge on any atom is 0.359 e. The predicted octanol–water partition coefficient (Wildman–Crippen LogP) is 1.35. The number of esters is 1. The topological polar surface area (TPSA) is 88.8 Å². The Morgan fingerprint density at radius 1 is 1.30 bits per heavy atom. The number of carbonyl (C=O) groups is 1. The molecule has 0 fully saturated rings. The van der Waals surface area contributed by atoms with E-state index in [-0.39, 0.29) is 21.5 Å². The van der Waals surface area contributed by atoms with Crippen LogP contribution in [-0.4, -0.2) is 42.5 Å². The lowest BCUT2D eigenvalue weighted by Crippen LogP contribution is -2.35. The highest BCUT2D eigenvalue weighted by Crippen LogP contribution is 2.41. The van der Waals surface area contributed by atoms with Gasteiger partial charge in [0.05, 0.1) is 12.6 Å². The molecule has 1 aliphatic rings. The van der Waals surface area contributed by atoms with Crippen LogP contribution in [0.25, 0.3) is 16.7 Å². The standard InChI is InChI=1S/C14H13FN2O5S/c1-16-9-7(5-4-6-8(9)15)13-10(16)12(18)11(14(19)22-3)17(2)23(13,20)21/h4-6,18H,1-3H3. The quantitative estimate of drug-likeness (QED) is 0.792. The lowest BCUT2D eigenvalue weighted by atomic mass is 10.2. The number of fused-ring (bicyclic) bond motifs is 3. The predicted molar refractivity (Wildman–Crippen MR) is 79.4 cm³/mol. The number of sulfonamides is 1. The van der Waals surface area contributed by atoms with Gasteiger partial charge in [0, 0.05) is 19.5 Å². The molecule has 0 saturated heterocycles. The highest BCUT2D eigenvalue weighted by Gasteiger charge is 2.42. The summed E-state index contributed by atoms with van der Waals surface area (Å²) in [4.78, 5) is 11.6. The minimum atomic E-state index is -4.15. The molecule has 2 heterocycles. The van der Waals surface area contributed by atoms with Crippen LogP contribution < -0.4 is 0 Å². The summed E-state index contributed by atoms with van der Waals surface area (Å²) >= 11 is 0. The number of para-hydroxylation sites is 1. The number of halogens is 1. The molecule has 0 amide bonds. The average molecular weight is 340 g/mol. The number of ether oxygens (including phenoxy) is 1. The number of methoxy groups -OCH3 is 1. The maximum atomic E-state index is 14.1. The smallest absolute Gasteiger partial charge is 0.359 e. The van der Waals surface area contributed by atoms with Gasteiger partial charge in [0.25, 0.3) is 10.0 Å². The van der Waals surface area contributed by atoms with Crippen molar-refractivity contribution in [2.24, 2.45) is 7.05 Å². The Kier molecular flexibility index (Phi) is 3.15. The van der Waals surface area contributed by atoms with E-state index in [2.05, 4.69) is 4.74 Å². The van der Waals surface area contributed by atoms with E-state index in [1.807, 2.05) is 0 Å². The fourth-order valence-corrected chi connectivity index (χ4v) is 4.39. The summed E-state index contributed by atoms with van der Waals surface area (Å²) in [7, 11) is -0.547. The first-order chi connectivity index (χ1) is 10.7. The summed E-state index contributed by atoms with van der Waals surface area (Å²) in [5.74, 6) is -2.23. The van der Waals surface area contributed by atoms with Crippen LogP contribution in [0.4, 0.5) is 4.39 Å². The molecule has 0 bridgehead atoms. The van der Waals surface area contributed by atoms with Gasteiger partial charge < -0.3 is 14.4 Å². The van der Waals surface area contributed by atoms with E-state index in [1.165, 1.54) is 29.8 Å². The third kappa shape index (κ3) is 1.79. The number of aromatic nitrogens is 1. The van der Waals surface area contributed by atoms with Crippen molar-refractivity contribution < 1.29 is 27.4 Å². The zero-order valence-corrected chi connectivity index (χ0v) is 13.3. The number of hydrogen-bond donors (Lipinski definition) is 1. The fourth-order valence-electron chi connectivity index (χ4n) is 2.80. The lowest BCUT2D eigenvalue weighted by molar-refractivity contribution is -0.137. The van der Waals surface area contributed by atoms with Crippen molar-refractivity contribution in [2.75, 3.05) is 14.2 Å². The second kappa shape index (κ2) is 4.72. The number of aliphatic hydroxyl groups is 1. The number of benzene rings is 1. The van der Waals surface area contributed by atoms with Gasteiger partial charge in [-0.2, -0.15) is 0 Å². The van der Waals surface area contributed by atoms with E-state index < -0.39 is 33.3 Å². The third-order valence-corrected chi connectivity index (χ3v) is 5.71. The number of aryl methyl sites for hydroxylation is 1. The number of hydrogen-bond acceptors (Lipinski definition) is 5. The van der Waals surface area contributed by atoms with Crippen LogP contribution in [0.5, 0.6) is 0 Å². The first-order valence-corrected chi connectivity index (χ1v) is 7.95. The average Bonchev–Trinajstić information content (AvgIpc) is 2.81. The molecule has 0 unspecified atom stereocenters. The number of carbonyl (C=O) groups excluding carboxylic acids is 1. The van der Waals surface area contributed by atoms with Crippen LogP contribution in [0.15, 0.2) is 28.8 Å². The van der Waals surface area contributed by atoms with Gasteiger partial charge in [-0.15, -0.1) is 0 Å². The zero-order chi connectivity index (χ0) is 17.1. The Morgan fingerprint density at radius 3 is 2.57 bits per heavy atom. The third-order valence-electron chi connectivity index (χ3n) is 3.88. The van der Waals surface area contributed by atoms with Gasteiger partial charge in [0.2, 0.25) is 0 Å². The molecule has 0 spiro atoms. The van der Waals surface area contributed by atoms with Gasteiger partial charge in [0.1, 0.15) is 16.4 Å². The molecule has 1 aromatic heterocycles. The maximum absolute atomic E-state index is 14.1. The highest BCUT2D eigenvalue weighted by molar-refractivity contribution is 7.89. The van der Waals surface area contributed by atoms with Gasteiger partial charge in [-0.25, -0.2) is 17.6 Å². The van der Waals surface area contributed by atoms with Gasteiger partial charge in [-0.1, -0.05) is 12.1 Å². The molecule has 0 atom stereocenters. The van der Waals surface area contributed by atoms with Crippen LogP contribution in [0.1, 0.15) is 5.69 Å². The molecule has 9 heteroatoms. The van der Waals surface area contributed by atoms with Crippen LogP contribution in [-0.2, 0) is 26.6 Å². The van der Waals surface area contributed by atoms with Crippen LogP contribution >= 0.6 is 0 Å². The molecule has 0 aliphatic carbocycles. The Balaban J connectivity index is 2.56. The summed E-state index contributed by atoms with van der Waals surface area (Å²) < 4.78 is 46.0. The van der Waals surface area contributed by atoms with E-state index in [1.54, 1.807) is 0 Å². The zero-order valence-electron chi connectivity index (χ0n) is 12.5. The Labute approximate surface area is 131 Å². The van der Waals surface area contributed by atoms with E-state index in [9.17, 15) is 22.7 Å². The first-order valence-electron chi connectivity index (χ1n) is 6.51. The Hall–Kier alpha value is -2.55. The van der Waals surface area contributed by atoms with Gasteiger partial charge >= 0.3 is 5.97 Å². The summed E-state index contributed by atoms with van der Waals surface area (Å²) in [6, 6.07) is 4.01. The van der Waals surface area contributed by atoms with Crippen molar-refractivity contribution in [3.8, 4) is 0 Å². The molecule has 1 aromatic carbocycles. The molecule has 3 rings (SSSR count). The van der Waals surface area contributed by atoms with E-state index in [0.717, 1.165) is 14.2 Å². The largest absolute Gasteiger partial charge is 0.504 e. The van der Waals surface area contributed by atoms with E-state index >= 15 is 0 Å². The van der Waals surface area contributed by atoms with Crippen LogP contribution in [0, 0.1) is 5.82 Å². The van der Waals surface area contributed by atoms with Crippen molar-refractivity contribution >= 4 is 32.7 Å². The summed E-state index contributed by atoms with van der Waals surface area (Å²) in [6.07, 6.45) is 0. The van der Waals surface area contributed by atoms with Crippen LogP contribution in [0.3, 0.4) is 0 Å². The van der Waals surface area contributed by atoms with Crippen LogP contribution in [0.2, 0.25) is 0 Å².